The lowest BCUT2D eigenvalue weighted by atomic mass is 10.4. The molecule has 0 unspecified atom stereocenters. The summed E-state index contributed by atoms with van der Waals surface area (Å²) < 4.78 is 0. The average Bonchev–Trinajstić information content (AvgIpc) is 2.75. The molecule has 0 aliphatic rings. The van der Waals surface area contributed by atoms with Crippen molar-refractivity contribution in [3.8, 4) is 0 Å². The largest absolute Gasteiger partial charge is 0.383 e. The highest BCUT2D eigenvalue weighted by Crippen LogP contribution is 2.34. The van der Waals surface area contributed by atoms with Gasteiger partial charge in [0.2, 0.25) is 0 Å². The minimum Gasteiger partial charge on any atom is -0.383 e. The van der Waals surface area contributed by atoms with Crippen molar-refractivity contribution in [2.24, 2.45) is 0 Å². The summed E-state index contributed by atoms with van der Waals surface area (Å²) in [5.41, 5.74) is 6.64. The number of anilines is 1. The van der Waals surface area contributed by atoms with Crippen molar-refractivity contribution in [3.63, 3.8) is 0 Å². The number of benzene rings is 1. The van der Waals surface area contributed by atoms with Gasteiger partial charge in [0.25, 0.3) is 0 Å². The van der Waals surface area contributed by atoms with Gasteiger partial charge in [-0.15, -0.1) is 0 Å². The Kier molecular flexibility index (Phi) is 2.45. The van der Waals surface area contributed by atoms with Gasteiger partial charge in [-0.1, -0.05) is 30.0 Å². The van der Waals surface area contributed by atoms with E-state index in [-0.39, 0.29) is 0 Å². The Balaban J connectivity index is 2.07. The zero-order chi connectivity index (χ0) is 11.7. The topological polar surface area (TPSA) is 67.6 Å². The van der Waals surface area contributed by atoms with Crippen LogP contribution in [0.15, 0.2) is 52.6 Å². The van der Waals surface area contributed by atoms with Crippen molar-refractivity contribution >= 4 is 28.6 Å². The van der Waals surface area contributed by atoms with Crippen molar-refractivity contribution in [1.29, 1.82) is 0 Å². The van der Waals surface area contributed by atoms with Gasteiger partial charge in [0.1, 0.15) is 17.8 Å². The molecule has 0 amide bonds. The zero-order valence-electron chi connectivity index (χ0n) is 8.92. The minimum absolute atomic E-state index is 0.509. The van der Waals surface area contributed by atoms with E-state index in [0.29, 0.717) is 5.82 Å². The van der Waals surface area contributed by atoms with Gasteiger partial charge in [0.15, 0.2) is 0 Å². The second-order valence-corrected chi connectivity index (χ2v) is 4.67. The Bertz CT molecular complexity index is 648. The third-order valence-electron chi connectivity index (χ3n) is 2.43. The predicted molar refractivity (Wildman–Crippen MR) is 68.9 cm³/mol. The lowest BCUT2D eigenvalue weighted by molar-refractivity contribution is 1.21. The van der Waals surface area contributed by atoms with Gasteiger partial charge in [-0.25, -0.2) is 9.97 Å². The first kappa shape index (κ1) is 10.2. The molecule has 0 fully saturated rings. The molecule has 2 heterocycles. The minimum atomic E-state index is 0.509. The maximum absolute atomic E-state index is 5.87. The Hall–Kier alpha value is -2.01. The van der Waals surface area contributed by atoms with Gasteiger partial charge in [0.05, 0.1) is 5.39 Å². The number of H-pyrrole nitrogens is 1. The number of hydrogen-bond donors (Lipinski definition) is 2. The molecule has 3 N–H and O–H groups in total. The molecule has 17 heavy (non-hydrogen) atoms. The molecule has 3 aromatic rings. The van der Waals surface area contributed by atoms with Gasteiger partial charge in [-0.05, 0) is 12.1 Å². The highest BCUT2D eigenvalue weighted by molar-refractivity contribution is 7.99. The highest BCUT2D eigenvalue weighted by atomic mass is 32.2. The molecule has 2 aromatic heterocycles. The molecule has 0 atom stereocenters. The SMILES string of the molecule is Nc1ncnc2[nH]cc(Sc3ccccc3)c12. The smallest absolute Gasteiger partial charge is 0.144 e. The number of nitrogens with one attached hydrogen (secondary N) is 1. The lowest BCUT2D eigenvalue weighted by Gasteiger charge is -2.00. The summed E-state index contributed by atoms with van der Waals surface area (Å²) in [7, 11) is 0. The molecule has 0 bridgehead atoms. The predicted octanol–water partition coefficient (Wildman–Crippen LogP) is 2.69. The molecule has 3 rings (SSSR count). The molecule has 1 aromatic carbocycles. The molecule has 0 aliphatic heterocycles. The van der Waals surface area contributed by atoms with Crippen LogP contribution in [0, 0.1) is 0 Å². The number of nitrogens with two attached hydrogens (primary N) is 1. The Labute approximate surface area is 102 Å². The molecule has 84 valence electrons. The fourth-order valence-corrected chi connectivity index (χ4v) is 2.62. The Morgan fingerprint density at radius 1 is 1.12 bits per heavy atom. The van der Waals surface area contributed by atoms with E-state index < -0.39 is 0 Å². The van der Waals surface area contributed by atoms with Gasteiger partial charge >= 0.3 is 0 Å². The average molecular weight is 242 g/mol. The maximum atomic E-state index is 5.87. The van der Waals surface area contributed by atoms with Gasteiger partial charge in [0, 0.05) is 16.0 Å². The van der Waals surface area contributed by atoms with Crippen LogP contribution in [0.2, 0.25) is 0 Å². The molecular weight excluding hydrogens is 232 g/mol. The van der Waals surface area contributed by atoms with Crippen molar-refractivity contribution in [2.45, 2.75) is 9.79 Å². The molecule has 0 saturated heterocycles. The fourth-order valence-electron chi connectivity index (χ4n) is 1.65. The quantitative estimate of drug-likeness (QED) is 0.725. The van der Waals surface area contributed by atoms with E-state index in [1.807, 2.05) is 24.4 Å². The molecule has 0 radical (unpaired) electrons. The monoisotopic (exact) mass is 242 g/mol. The maximum Gasteiger partial charge on any atom is 0.144 e. The normalized spacial score (nSPS) is 10.8. The number of fused-ring (bicyclic) bond motifs is 1. The summed E-state index contributed by atoms with van der Waals surface area (Å²) in [5, 5.41) is 0.890. The number of hydrogen-bond acceptors (Lipinski definition) is 4. The number of rotatable bonds is 2. The fraction of sp³-hybridized carbons (Fsp3) is 0. The van der Waals surface area contributed by atoms with Crippen molar-refractivity contribution in [2.75, 3.05) is 5.73 Å². The third kappa shape index (κ3) is 1.85. The molecule has 4 nitrogen and oxygen atoms in total. The zero-order valence-corrected chi connectivity index (χ0v) is 9.74. The Morgan fingerprint density at radius 2 is 1.94 bits per heavy atom. The second-order valence-electron chi connectivity index (χ2n) is 3.55. The van der Waals surface area contributed by atoms with Crippen molar-refractivity contribution < 1.29 is 0 Å². The number of nitrogen functional groups attached to an aromatic ring is 1. The highest BCUT2D eigenvalue weighted by Gasteiger charge is 2.09. The van der Waals surface area contributed by atoms with Crippen LogP contribution in [0.1, 0.15) is 0 Å². The molecule has 0 saturated carbocycles. The van der Waals surface area contributed by atoms with E-state index in [0.717, 1.165) is 20.8 Å². The van der Waals surface area contributed by atoms with E-state index in [4.69, 9.17) is 5.73 Å². The van der Waals surface area contributed by atoms with Crippen LogP contribution in [0.4, 0.5) is 5.82 Å². The second kappa shape index (κ2) is 4.10. The Morgan fingerprint density at radius 3 is 2.76 bits per heavy atom. The summed E-state index contributed by atoms with van der Waals surface area (Å²) in [6.45, 7) is 0. The summed E-state index contributed by atoms with van der Waals surface area (Å²) in [4.78, 5) is 13.5. The summed E-state index contributed by atoms with van der Waals surface area (Å²) in [6.07, 6.45) is 3.37. The van der Waals surface area contributed by atoms with Crippen LogP contribution in [-0.4, -0.2) is 15.0 Å². The van der Waals surface area contributed by atoms with E-state index in [1.54, 1.807) is 11.8 Å². The summed E-state index contributed by atoms with van der Waals surface area (Å²) >= 11 is 1.65. The van der Waals surface area contributed by atoms with E-state index in [2.05, 4.69) is 27.1 Å². The standard InChI is InChI=1S/C12H10N4S/c13-11-10-9(6-14-12(10)16-7-15-11)17-8-4-2-1-3-5-8/h1-7H,(H3,13,14,15,16). The van der Waals surface area contributed by atoms with Crippen LogP contribution in [0.25, 0.3) is 11.0 Å². The van der Waals surface area contributed by atoms with Gasteiger partial charge in [-0.3, -0.25) is 0 Å². The van der Waals surface area contributed by atoms with Crippen LogP contribution < -0.4 is 5.73 Å². The number of aromatic nitrogens is 3. The van der Waals surface area contributed by atoms with E-state index >= 15 is 0 Å². The first-order valence-corrected chi connectivity index (χ1v) is 5.97. The van der Waals surface area contributed by atoms with Crippen molar-refractivity contribution in [3.05, 3.63) is 42.9 Å². The molecule has 0 spiro atoms. The third-order valence-corrected chi connectivity index (χ3v) is 3.48. The van der Waals surface area contributed by atoms with Gasteiger partial charge in [-0.2, -0.15) is 0 Å². The summed E-state index contributed by atoms with van der Waals surface area (Å²) in [6, 6.07) is 10.1. The molecular formula is C12H10N4S. The number of nitrogens with zero attached hydrogens (tertiary/aromatic N) is 2. The van der Waals surface area contributed by atoms with E-state index in [9.17, 15) is 0 Å². The first-order valence-electron chi connectivity index (χ1n) is 5.15. The molecule has 5 heteroatoms. The van der Waals surface area contributed by atoms with Gasteiger partial charge < -0.3 is 10.7 Å². The van der Waals surface area contributed by atoms with Crippen molar-refractivity contribution in [1.82, 2.24) is 15.0 Å². The molecule has 0 aliphatic carbocycles. The van der Waals surface area contributed by atoms with Crippen LogP contribution in [-0.2, 0) is 0 Å². The first-order chi connectivity index (χ1) is 8.34. The van der Waals surface area contributed by atoms with Crippen LogP contribution >= 0.6 is 11.8 Å². The van der Waals surface area contributed by atoms with Crippen LogP contribution in [0.5, 0.6) is 0 Å². The van der Waals surface area contributed by atoms with E-state index in [1.165, 1.54) is 6.33 Å². The lowest BCUT2D eigenvalue weighted by Crippen LogP contribution is -1.91. The summed E-state index contributed by atoms with van der Waals surface area (Å²) in [5.74, 6) is 0.509. The van der Waals surface area contributed by atoms with Crippen LogP contribution in [0.3, 0.4) is 0 Å². The number of aromatic amines is 1.